The van der Waals surface area contributed by atoms with Crippen molar-refractivity contribution < 1.29 is 4.39 Å². The van der Waals surface area contributed by atoms with Gasteiger partial charge in [-0.2, -0.15) is 0 Å². The van der Waals surface area contributed by atoms with E-state index in [1.54, 1.807) is 12.1 Å². The van der Waals surface area contributed by atoms with E-state index in [-0.39, 0.29) is 17.0 Å². The molecule has 0 atom stereocenters. The number of hydrogen-bond donors (Lipinski definition) is 1. The molecule has 0 aliphatic heterocycles. The minimum Gasteiger partial charge on any atom is -0.309 e. The van der Waals surface area contributed by atoms with Crippen LogP contribution >= 0.6 is 34.2 Å². The van der Waals surface area contributed by atoms with Crippen LogP contribution in [0.2, 0.25) is 5.02 Å². The molecule has 0 fully saturated rings. The van der Waals surface area contributed by atoms with Gasteiger partial charge in [0, 0.05) is 6.42 Å². The van der Waals surface area contributed by atoms with E-state index in [0.29, 0.717) is 27.3 Å². The highest BCUT2D eigenvalue weighted by atomic mass is 127. The van der Waals surface area contributed by atoms with Gasteiger partial charge >= 0.3 is 0 Å². The van der Waals surface area contributed by atoms with E-state index in [0.717, 1.165) is 5.69 Å². The SMILES string of the molecule is CC(C)Cc1nc(Cc2cccc(Cl)c2F)[nH]c(=O)c1I. The van der Waals surface area contributed by atoms with E-state index in [1.807, 2.05) is 22.6 Å². The lowest BCUT2D eigenvalue weighted by Gasteiger charge is -2.09. The lowest BCUT2D eigenvalue weighted by molar-refractivity contribution is 0.608. The Labute approximate surface area is 141 Å². The van der Waals surface area contributed by atoms with E-state index in [2.05, 4.69) is 23.8 Å². The van der Waals surface area contributed by atoms with Crippen molar-refractivity contribution in [2.24, 2.45) is 5.92 Å². The van der Waals surface area contributed by atoms with Crippen molar-refractivity contribution in [3.8, 4) is 0 Å². The molecule has 1 N–H and O–H groups in total. The third-order valence-electron chi connectivity index (χ3n) is 2.97. The van der Waals surface area contributed by atoms with Crippen LogP contribution in [0, 0.1) is 15.3 Å². The Hall–Kier alpha value is -0.950. The Morgan fingerprint density at radius 3 is 2.81 bits per heavy atom. The zero-order valence-corrected chi connectivity index (χ0v) is 14.6. The number of nitrogens with zero attached hydrogens (tertiary/aromatic N) is 1. The molecular weight excluding hydrogens is 406 g/mol. The fourth-order valence-electron chi connectivity index (χ4n) is 2.03. The van der Waals surface area contributed by atoms with Crippen molar-refractivity contribution in [2.45, 2.75) is 26.7 Å². The average molecular weight is 421 g/mol. The summed E-state index contributed by atoms with van der Waals surface area (Å²) < 4.78 is 14.5. The van der Waals surface area contributed by atoms with E-state index in [9.17, 15) is 9.18 Å². The van der Waals surface area contributed by atoms with Crippen molar-refractivity contribution in [2.75, 3.05) is 0 Å². The Morgan fingerprint density at radius 2 is 2.14 bits per heavy atom. The Balaban J connectivity index is 2.38. The largest absolute Gasteiger partial charge is 0.309 e. The number of nitrogens with one attached hydrogen (secondary N) is 1. The van der Waals surface area contributed by atoms with Crippen molar-refractivity contribution in [3.05, 3.63) is 60.0 Å². The van der Waals surface area contributed by atoms with Gasteiger partial charge in [0.1, 0.15) is 11.6 Å². The summed E-state index contributed by atoms with van der Waals surface area (Å²) in [5, 5.41) is 0.0720. The molecule has 0 saturated carbocycles. The first-order valence-electron chi connectivity index (χ1n) is 6.59. The highest BCUT2D eigenvalue weighted by Crippen LogP contribution is 2.20. The van der Waals surface area contributed by atoms with E-state index < -0.39 is 5.82 Å². The fraction of sp³-hybridized carbons (Fsp3) is 0.333. The van der Waals surface area contributed by atoms with Gasteiger partial charge in [0.05, 0.1) is 14.3 Å². The van der Waals surface area contributed by atoms with Gasteiger partial charge in [0.2, 0.25) is 0 Å². The smallest absolute Gasteiger partial charge is 0.264 e. The van der Waals surface area contributed by atoms with Gasteiger partial charge in [-0.15, -0.1) is 0 Å². The maximum atomic E-state index is 13.9. The highest BCUT2D eigenvalue weighted by molar-refractivity contribution is 14.1. The predicted octanol–water partition coefficient (Wildman–Crippen LogP) is 3.96. The zero-order chi connectivity index (χ0) is 15.6. The average Bonchev–Trinajstić information content (AvgIpc) is 2.40. The van der Waals surface area contributed by atoms with Crippen LogP contribution < -0.4 is 5.56 Å². The maximum Gasteiger partial charge on any atom is 0.264 e. The third-order valence-corrected chi connectivity index (χ3v) is 4.38. The van der Waals surface area contributed by atoms with Crippen LogP contribution in [0.25, 0.3) is 0 Å². The molecule has 0 unspecified atom stereocenters. The highest BCUT2D eigenvalue weighted by Gasteiger charge is 2.13. The molecule has 6 heteroatoms. The number of halogens is 3. The Morgan fingerprint density at radius 1 is 1.43 bits per heavy atom. The number of aromatic nitrogens is 2. The standard InChI is InChI=1S/C15H15ClFIN2O/c1-8(2)6-11-14(18)15(21)20-12(19-11)7-9-4-3-5-10(16)13(9)17/h3-5,8H,6-7H2,1-2H3,(H,19,20,21). The first-order valence-corrected chi connectivity index (χ1v) is 8.04. The van der Waals surface area contributed by atoms with Crippen LogP contribution in [-0.2, 0) is 12.8 Å². The molecular formula is C15H15ClFIN2O. The van der Waals surface area contributed by atoms with Gasteiger partial charge in [-0.25, -0.2) is 9.37 Å². The van der Waals surface area contributed by atoms with Crippen LogP contribution in [0.1, 0.15) is 30.9 Å². The monoisotopic (exact) mass is 420 g/mol. The summed E-state index contributed by atoms with van der Waals surface area (Å²) in [6.07, 6.45) is 0.927. The van der Waals surface area contributed by atoms with Crippen molar-refractivity contribution in [3.63, 3.8) is 0 Å². The second-order valence-electron chi connectivity index (χ2n) is 5.26. The zero-order valence-electron chi connectivity index (χ0n) is 11.7. The van der Waals surface area contributed by atoms with Crippen LogP contribution in [-0.4, -0.2) is 9.97 Å². The van der Waals surface area contributed by atoms with Gasteiger partial charge in [0.25, 0.3) is 5.56 Å². The molecule has 0 aliphatic rings. The van der Waals surface area contributed by atoms with Gasteiger partial charge in [-0.3, -0.25) is 4.79 Å². The summed E-state index contributed by atoms with van der Waals surface area (Å²) >= 11 is 7.76. The summed E-state index contributed by atoms with van der Waals surface area (Å²) in [5.74, 6) is 0.381. The molecule has 1 heterocycles. The normalized spacial score (nSPS) is 11.1. The minimum absolute atomic E-state index is 0.0720. The summed E-state index contributed by atoms with van der Waals surface area (Å²) in [4.78, 5) is 19.1. The number of rotatable bonds is 4. The molecule has 0 spiro atoms. The molecule has 0 bridgehead atoms. The number of hydrogen-bond acceptors (Lipinski definition) is 2. The maximum absolute atomic E-state index is 13.9. The predicted molar refractivity (Wildman–Crippen MR) is 90.3 cm³/mol. The molecule has 2 rings (SSSR count). The van der Waals surface area contributed by atoms with E-state index in [4.69, 9.17) is 11.6 Å². The van der Waals surface area contributed by atoms with Gasteiger partial charge in [0.15, 0.2) is 0 Å². The Bertz CT molecular complexity index is 715. The first-order chi connectivity index (χ1) is 9.88. The van der Waals surface area contributed by atoms with Gasteiger partial charge < -0.3 is 4.98 Å². The number of H-pyrrole nitrogens is 1. The molecule has 1 aromatic carbocycles. The molecule has 112 valence electrons. The van der Waals surface area contributed by atoms with Crippen LogP contribution in [0.15, 0.2) is 23.0 Å². The molecule has 0 saturated heterocycles. The molecule has 0 radical (unpaired) electrons. The molecule has 1 aromatic heterocycles. The third kappa shape index (κ3) is 4.03. The summed E-state index contributed by atoms with van der Waals surface area (Å²) in [5.41, 5.74) is 0.993. The summed E-state index contributed by atoms with van der Waals surface area (Å²) in [7, 11) is 0. The Kier molecular flexibility index (Phi) is 5.37. The lowest BCUT2D eigenvalue weighted by Crippen LogP contribution is -2.19. The minimum atomic E-state index is -0.467. The number of aromatic amines is 1. The molecule has 3 nitrogen and oxygen atoms in total. The summed E-state index contributed by atoms with van der Waals surface area (Å²) in [6.45, 7) is 4.13. The van der Waals surface area contributed by atoms with Crippen molar-refractivity contribution >= 4 is 34.2 Å². The van der Waals surface area contributed by atoms with Gasteiger partial charge in [-0.05, 0) is 46.6 Å². The fourth-order valence-corrected chi connectivity index (χ4v) is 2.70. The molecule has 0 aliphatic carbocycles. The lowest BCUT2D eigenvalue weighted by atomic mass is 10.1. The summed E-state index contributed by atoms with van der Waals surface area (Å²) in [6, 6.07) is 4.82. The van der Waals surface area contributed by atoms with Crippen LogP contribution in [0.3, 0.4) is 0 Å². The first kappa shape index (κ1) is 16.4. The quantitative estimate of drug-likeness (QED) is 0.761. The second-order valence-corrected chi connectivity index (χ2v) is 6.75. The van der Waals surface area contributed by atoms with Crippen LogP contribution in [0.4, 0.5) is 4.39 Å². The van der Waals surface area contributed by atoms with Crippen molar-refractivity contribution in [1.82, 2.24) is 9.97 Å². The van der Waals surface area contributed by atoms with E-state index >= 15 is 0 Å². The van der Waals surface area contributed by atoms with Gasteiger partial charge in [-0.1, -0.05) is 37.6 Å². The van der Waals surface area contributed by atoms with Crippen LogP contribution in [0.5, 0.6) is 0 Å². The molecule has 21 heavy (non-hydrogen) atoms. The van der Waals surface area contributed by atoms with E-state index in [1.165, 1.54) is 6.07 Å². The topological polar surface area (TPSA) is 45.8 Å². The number of benzene rings is 1. The molecule has 2 aromatic rings. The molecule has 0 amide bonds. The van der Waals surface area contributed by atoms with Crippen molar-refractivity contribution in [1.29, 1.82) is 0 Å². The second kappa shape index (κ2) is 6.87.